The predicted octanol–water partition coefficient (Wildman–Crippen LogP) is 13.1. The molecule has 0 fully saturated rings. The number of para-hydroxylation sites is 1. The number of fused-ring (bicyclic) bond motifs is 3. The van der Waals surface area contributed by atoms with Gasteiger partial charge in [-0.15, -0.1) is 0 Å². The normalized spacial score (nSPS) is 16.8. The van der Waals surface area contributed by atoms with Crippen LogP contribution in [-0.2, 0) is 0 Å². The fourth-order valence-corrected chi connectivity index (χ4v) is 6.19. The minimum absolute atomic E-state index is 0.00255. The molecule has 0 aliphatic rings. The Hall–Kier alpha value is -6.18. The Morgan fingerprint density at radius 2 is 0.851 bits per heavy atom. The van der Waals surface area contributed by atoms with Gasteiger partial charge in [0.25, 0.3) is 0 Å². The third kappa shape index (κ3) is 4.47. The second kappa shape index (κ2) is 11.3. The van der Waals surface area contributed by atoms with Crippen molar-refractivity contribution in [2.75, 3.05) is 0 Å². The lowest BCUT2D eigenvalue weighted by molar-refractivity contribution is 0.634. The number of furan rings is 1. The van der Waals surface area contributed by atoms with Gasteiger partial charge in [-0.1, -0.05) is 182 Å². The molecule has 0 aliphatic carbocycles. The summed E-state index contributed by atoms with van der Waals surface area (Å²) in [5.74, 6) is -0.00255. The molecule has 1 heteroatoms. The van der Waals surface area contributed by atoms with E-state index in [0.717, 1.165) is 0 Å². The van der Waals surface area contributed by atoms with Crippen LogP contribution in [-0.4, -0.2) is 0 Å². The van der Waals surface area contributed by atoms with Crippen molar-refractivity contribution in [2.45, 2.75) is 0 Å². The van der Waals surface area contributed by atoms with Gasteiger partial charge in [0.1, 0.15) is 11.3 Å². The van der Waals surface area contributed by atoms with E-state index in [1.54, 1.807) is 30.3 Å². The van der Waals surface area contributed by atoms with Gasteiger partial charge >= 0.3 is 0 Å². The molecule has 0 bridgehead atoms. The minimum atomic E-state index is -0.797. The van der Waals surface area contributed by atoms with Crippen LogP contribution in [0.5, 0.6) is 0 Å². The van der Waals surface area contributed by atoms with E-state index < -0.39 is 131 Å². The van der Waals surface area contributed by atoms with Gasteiger partial charge in [0.05, 0.1) is 24.7 Å². The standard InChI is InChI=1S/C46H30O/c1-4-17-31(18-5-1)34-23-10-15-28-40(34)46-44(41-30-16-29-35(45(41)47-46)32-19-6-2-7-20-32)43-38-26-13-11-24-36(38)42(33-21-8-3-9-22-33)37-25-12-14-27-39(37)43/h1-30H/i2D,3D,6D,7D,8D,9D,11D,12D,13D,14D,19D,20D,21D,22D,24D,25D,26D,27D. The smallest absolute Gasteiger partial charge is 0.143 e. The second-order valence-electron chi connectivity index (χ2n) is 10.7. The van der Waals surface area contributed by atoms with E-state index in [2.05, 4.69) is 0 Å². The van der Waals surface area contributed by atoms with E-state index >= 15 is 0 Å². The highest BCUT2D eigenvalue weighted by Gasteiger charge is 2.26. The molecule has 0 atom stereocenters. The van der Waals surface area contributed by atoms with Crippen LogP contribution in [0.2, 0.25) is 0 Å². The fourth-order valence-electron chi connectivity index (χ4n) is 6.19. The molecule has 47 heavy (non-hydrogen) atoms. The largest absolute Gasteiger partial charge is 0.455 e. The summed E-state index contributed by atoms with van der Waals surface area (Å²) in [6.07, 6.45) is 0. The lowest BCUT2D eigenvalue weighted by Crippen LogP contribution is -1.92. The Labute approximate surface area is 299 Å². The first kappa shape index (κ1) is 14.5. The SMILES string of the molecule is [2H]c1c([2H])c([2H])c(-c2cccc3c(-c4c5c([2H])c([2H])c([2H])c([2H])c5c(-c5c([2H])c([2H])c([2H])c([2H])c5[2H])c5c([2H])c([2H])c([2H])c([2H])c45)c(-c4ccccc4-c4ccccc4)oc23)c([2H])c1[2H]. The molecule has 9 rings (SSSR count). The lowest BCUT2D eigenvalue weighted by Gasteiger charge is -2.18. The molecule has 0 saturated heterocycles. The summed E-state index contributed by atoms with van der Waals surface area (Å²) in [5, 5.41) is -1.37. The van der Waals surface area contributed by atoms with E-state index in [4.69, 9.17) is 23.6 Å². The predicted molar refractivity (Wildman–Crippen MR) is 198 cm³/mol. The number of rotatable bonds is 5. The Bertz CT molecular complexity index is 3440. The zero-order valence-corrected chi connectivity index (χ0v) is 24.3. The van der Waals surface area contributed by atoms with Crippen molar-refractivity contribution >= 4 is 32.5 Å². The molecule has 1 heterocycles. The van der Waals surface area contributed by atoms with Gasteiger partial charge in [0, 0.05) is 27.6 Å². The summed E-state index contributed by atoms with van der Waals surface area (Å²) in [7, 11) is 0. The summed E-state index contributed by atoms with van der Waals surface area (Å²) in [6, 6.07) is 7.87. The Morgan fingerprint density at radius 3 is 1.49 bits per heavy atom. The maximum atomic E-state index is 9.59. The van der Waals surface area contributed by atoms with E-state index in [1.165, 1.54) is 12.1 Å². The maximum Gasteiger partial charge on any atom is 0.143 e. The van der Waals surface area contributed by atoms with Crippen LogP contribution in [0.1, 0.15) is 24.7 Å². The van der Waals surface area contributed by atoms with Crippen LogP contribution in [0, 0.1) is 0 Å². The number of hydrogen-bond donors (Lipinski definition) is 0. The molecule has 1 aromatic heterocycles. The van der Waals surface area contributed by atoms with Gasteiger partial charge < -0.3 is 4.42 Å². The third-order valence-corrected chi connectivity index (χ3v) is 8.12. The first-order chi connectivity index (χ1) is 30.8. The average molecular weight is 617 g/mol. The van der Waals surface area contributed by atoms with Crippen LogP contribution in [0.4, 0.5) is 0 Å². The Kier molecular flexibility index (Phi) is 3.49. The van der Waals surface area contributed by atoms with E-state index in [0.29, 0.717) is 16.7 Å². The summed E-state index contributed by atoms with van der Waals surface area (Å²) < 4.78 is 167. The number of benzene rings is 8. The zero-order valence-electron chi connectivity index (χ0n) is 42.3. The van der Waals surface area contributed by atoms with Crippen molar-refractivity contribution < 1.29 is 29.1 Å². The van der Waals surface area contributed by atoms with Crippen LogP contribution < -0.4 is 0 Å². The minimum Gasteiger partial charge on any atom is -0.455 e. The Balaban J connectivity index is 1.63. The van der Waals surface area contributed by atoms with Crippen molar-refractivity contribution in [2.24, 2.45) is 0 Å². The molecular formula is C46H30O. The highest BCUT2D eigenvalue weighted by Crippen LogP contribution is 2.51. The van der Waals surface area contributed by atoms with Gasteiger partial charge in [-0.25, -0.2) is 0 Å². The van der Waals surface area contributed by atoms with Crippen LogP contribution in [0.25, 0.3) is 88.3 Å². The van der Waals surface area contributed by atoms with Crippen LogP contribution >= 0.6 is 0 Å². The summed E-state index contributed by atoms with van der Waals surface area (Å²) in [4.78, 5) is 0. The highest BCUT2D eigenvalue weighted by atomic mass is 16.3. The molecule has 0 N–H and O–H groups in total. The molecule has 0 unspecified atom stereocenters. The first-order valence-corrected chi connectivity index (χ1v) is 14.6. The van der Waals surface area contributed by atoms with Gasteiger partial charge in [-0.3, -0.25) is 0 Å². The number of hydrogen-bond acceptors (Lipinski definition) is 1. The van der Waals surface area contributed by atoms with Gasteiger partial charge in [-0.05, 0) is 49.4 Å². The topological polar surface area (TPSA) is 13.1 Å². The summed E-state index contributed by atoms with van der Waals surface area (Å²) >= 11 is 0. The van der Waals surface area contributed by atoms with Crippen LogP contribution in [0.15, 0.2) is 186 Å². The molecular weight excluding hydrogens is 569 g/mol. The van der Waals surface area contributed by atoms with E-state index in [1.807, 2.05) is 30.3 Å². The Morgan fingerprint density at radius 1 is 0.340 bits per heavy atom. The molecule has 220 valence electrons. The van der Waals surface area contributed by atoms with Crippen LogP contribution in [0.3, 0.4) is 0 Å². The van der Waals surface area contributed by atoms with Gasteiger partial charge in [-0.2, -0.15) is 0 Å². The van der Waals surface area contributed by atoms with E-state index in [-0.39, 0.29) is 49.8 Å². The fraction of sp³-hybridized carbons (Fsp3) is 0. The molecule has 0 amide bonds. The monoisotopic (exact) mass is 616 g/mol. The lowest BCUT2D eigenvalue weighted by atomic mass is 9.84. The van der Waals surface area contributed by atoms with Crippen molar-refractivity contribution in [3.63, 3.8) is 0 Å². The zero-order chi connectivity index (χ0) is 46.8. The molecule has 0 aliphatic heterocycles. The third-order valence-electron chi connectivity index (χ3n) is 8.12. The summed E-state index contributed by atoms with van der Waals surface area (Å²) in [6.45, 7) is 0. The maximum absolute atomic E-state index is 9.59. The van der Waals surface area contributed by atoms with Crippen molar-refractivity contribution in [1.82, 2.24) is 0 Å². The first-order valence-electron chi connectivity index (χ1n) is 23.6. The van der Waals surface area contributed by atoms with Crippen molar-refractivity contribution in [1.29, 1.82) is 0 Å². The second-order valence-corrected chi connectivity index (χ2v) is 10.7. The molecule has 0 radical (unpaired) electrons. The van der Waals surface area contributed by atoms with E-state index in [9.17, 15) is 5.48 Å². The molecule has 1 nitrogen and oxygen atoms in total. The van der Waals surface area contributed by atoms with Gasteiger partial charge in [0.2, 0.25) is 0 Å². The quantitative estimate of drug-likeness (QED) is 0.175. The molecule has 0 spiro atoms. The average Bonchev–Trinajstić information content (AvgIpc) is 3.70. The van der Waals surface area contributed by atoms with Crippen molar-refractivity contribution in [3.05, 3.63) is 182 Å². The molecule has 0 saturated carbocycles. The summed E-state index contributed by atoms with van der Waals surface area (Å²) in [5.41, 5.74) is 0.261. The molecule has 8 aromatic carbocycles. The van der Waals surface area contributed by atoms with Gasteiger partial charge in [0.15, 0.2) is 0 Å². The van der Waals surface area contributed by atoms with Crippen molar-refractivity contribution in [3.8, 4) is 55.8 Å². The highest BCUT2D eigenvalue weighted by molar-refractivity contribution is 6.25. The molecule has 9 aromatic rings.